The molecule has 5 nitrogen and oxygen atoms in total. The molecule has 0 aromatic carbocycles. The van der Waals surface area contributed by atoms with E-state index in [1.807, 2.05) is 5.32 Å². The zero-order chi connectivity index (χ0) is 17.7. The number of halogens is 2. The van der Waals surface area contributed by atoms with E-state index in [1.165, 1.54) is 6.42 Å². The molecule has 7 heteroatoms. The summed E-state index contributed by atoms with van der Waals surface area (Å²) in [6.45, 7) is 3.92. The second-order valence-corrected chi connectivity index (χ2v) is 7.46. The second-order valence-electron chi connectivity index (χ2n) is 7.46. The van der Waals surface area contributed by atoms with Gasteiger partial charge in [-0.2, -0.15) is 0 Å². The lowest BCUT2D eigenvalue weighted by atomic mass is 9.83. The molecule has 0 radical (unpaired) electrons. The highest BCUT2D eigenvalue weighted by Crippen LogP contribution is 2.30. The van der Waals surface area contributed by atoms with Crippen molar-refractivity contribution >= 4 is 6.09 Å². The van der Waals surface area contributed by atoms with Crippen LogP contribution < -0.4 is 11.1 Å². The second kappa shape index (κ2) is 8.24. The van der Waals surface area contributed by atoms with Gasteiger partial charge in [-0.15, -0.1) is 0 Å². The van der Waals surface area contributed by atoms with Gasteiger partial charge >= 0.3 is 6.09 Å². The number of rotatable bonds is 6. The lowest BCUT2D eigenvalue weighted by molar-refractivity contribution is -0.116. The third kappa shape index (κ3) is 7.44. The summed E-state index contributed by atoms with van der Waals surface area (Å²) in [6, 6.07) is -1.01. The Bertz CT molecular complexity index is 380. The van der Waals surface area contributed by atoms with Gasteiger partial charge in [0.2, 0.25) is 0 Å². The third-order valence-corrected chi connectivity index (χ3v) is 4.04. The summed E-state index contributed by atoms with van der Waals surface area (Å²) in [5, 5.41) is 11.8. The summed E-state index contributed by atoms with van der Waals surface area (Å²) in [4.78, 5) is 11.4. The Kier molecular flexibility index (Phi) is 7.20. The van der Waals surface area contributed by atoms with Gasteiger partial charge in [0, 0.05) is 6.04 Å². The van der Waals surface area contributed by atoms with Crippen molar-refractivity contribution in [2.24, 2.45) is 11.7 Å². The fourth-order valence-corrected chi connectivity index (χ4v) is 2.86. The van der Waals surface area contributed by atoms with Crippen LogP contribution in [0.1, 0.15) is 59.3 Å². The van der Waals surface area contributed by atoms with Gasteiger partial charge in [-0.25, -0.2) is 13.6 Å². The molecule has 1 rings (SSSR count). The van der Waals surface area contributed by atoms with Crippen LogP contribution in [0.2, 0.25) is 0 Å². The van der Waals surface area contributed by atoms with Crippen LogP contribution in [-0.2, 0) is 4.74 Å². The first-order valence-corrected chi connectivity index (χ1v) is 8.29. The van der Waals surface area contributed by atoms with Crippen LogP contribution in [-0.4, -0.2) is 41.4 Å². The van der Waals surface area contributed by atoms with E-state index in [4.69, 9.17) is 10.5 Å². The zero-order valence-corrected chi connectivity index (χ0v) is 14.3. The highest BCUT2D eigenvalue weighted by molar-refractivity contribution is 5.67. The van der Waals surface area contributed by atoms with Crippen molar-refractivity contribution in [1.29, 1.82) is 0 Å². The maximum Gasteiger partial charge on any atom is 0.407 e. The normalized spacial score (nSPS) is 20.0. The number of aliphatic hydroxyl groups excluding tert-OH is 1. The Morgan fingerprint density at radius 1 is 1.30 bits per heavy atom. The summed E-state index contributed by atoms with van der Waals surface area (Å²) < 4.78 is 32.9. The predicted molar refractivity (Wildman–Crippen MR) is 84.4 cm³/mol. The van der Waals surface area contributed by atoms with Gasteiger partial charge in [0.15, 0.2) is 0 Å². The maximum absolute atomic E-state index is 14.0. The van der Waals surface area contributed by atoms with Gasteiger partial charge in [0.05, 0.1) is 6.54 Å². The molecular weight excluding hydrogens is 306 g/mol. The summed E-state index contributed by atoms with van der Waals surface area (Å²) in [7, 11) is 0. The molecule has 1 saturated carbocycles. The SMILES string of the molecule is CC(C)(C)OC(=O)NCC(F)(F)C(O)C(N)CC1CCCCC1. The van der Waals surface area contributed by atoms with E-state index in [1.54, 1.807) is 20.8 Å². The van der Waals surface area contributed by atoms with Crippen molar-refractivity contribution in [2.75, 3.05) is 6.54 Å². The molecule has 0 aliphatic heterocycles. The Morgan fingerprint density at radius 3 is 2.39 bits per heavy atom. The molecule has 0 saturated heterocycles. The molecule has 0 aromatic heterocycles. The van der Waals surface area contributed by atoms with Crippen LogP contribution >= 0.6 is 0 Å². The number of nitrogens with one attached hydrogen (secondary N) is 1. The summed E-state index contributed by atoms with van der Waals surface area (Å²) in [6.07, 6.45) is 2.75. The lowest BCUT2D eigenvalue weighted by Gasteiger charge is -2.31. The molecule has 1 amide bonds. The topological polar surface area (TPSA) is 84.6 Å². The van der Waals surface area contributed by atoms with Gasteiger partial charge in [-0.1, -0.05) is 32.1 Å². The average Bonchev–Trinajstić information content (AvgIpc) is 2.43. The molecule has 1 fully saturated rings. The van der Waals surface area contributed by atoms with Crippen LogP contribution in [0.25, 0.3) is 0 Å². The zero-order valence-electron chi connectivity index (χ0n) is 14.3. The molecule has 0 bridgehead atoms. The highest BCUT2D eigenvalue weighted by Gasteiger charge is 2.43. The van der Waals surface area contributed by atoms with Crippen molar-refractivity contribution in [3.8, 4) is 0 Å². The van der Waals surface area contributed by atoms with Crippen molar-refractivity contribution in [1.82, 2.24) is 5.32 Å². The molecule has 0 aromatic rings. The Balaban J connectivity index is 2.44. The van der Waals surface area contributed by atoms with Crippen LogP contribution in [0, 0.1) is 5.92 Å². The van der Waals surface area contributed by atoms with Gasteiger partial charge in [-0.3, -0.25) is 0 Å². The fraction of sp³-hybridized carbons (Fsp3) is 0.938. The monoisotopic (exact) mass is 336 g/mol. The molecule has 4 N–H and O–H groups in total. The minimum Gasteiger partial charge on any atom is -0.444 e. The minimum absolute atomic E-state index is 0.294. The lowest BCUT2D eigenvalue weighted by Crippen LogP contribution is -2.53. The fourth-order valence-electron chi connectivity index (χ4n) is 2.86. The predicted octanol–water partition coefficient (Wildman–Crippen LogP) is 2.81. The van der Waals surface area contributed by atoms with Crippen molar-refractivity contribution in [3.05, 3.63) is 0 Å². The number of carbonyl (C=O) groups excluding carboxylic acids is 1. The summed E-state index contributed by atoms with van der Waals surface area (Å²) in [5.41, 5.74) is 5.00. The number of carbonyl (C=O) groups is 1. The molecule has 23 heavy (non-hydrogen) atoms. The van der Waals surface area contributed by atoms with E-state index in [2.05, 4.69) is 0 Å². The number of amides is 1. The number of aliphatic hydroxyl groups is 1. The smallest absolute Gasteiger partial charge is 0.407 e. The van der Waals surface area contributed by atoms with Gasteiger partial charge in [-0.05, 0) is 33.1 Å². The number of nitrogens with two attached hydrogens (primary N) is 1. The number of hydrogen-bond donors (Lipinski definition) is 3. The molecule has 136 valence electrons. The van der Waals surface area contributed by atoms with Crippen LogP contribution in [0.5, 0.6) is 0 Å². The molecule has 1 aliphatic carbocycles. The van der Waals surface area contributed by atoms with Crippen molar-refractivity contribution in [2.45, 2.75) is 83.0 Å². The van der Waals surface area contributed by atoms with Gasteiger partial charge in [0.1, 0.15) is 11.7 Å². The van der Waals surface area contributed by atoms with E-state index in [0.717, 1.165) is 25.7 Å². The molecule has 0 spiro atoms. The standard InChI is InChI=1S/C16H30F2N2O3/c1-15(2,3)23-14(22)20-10-16(17,18)13(21)12(19)9-11-7-5-4-6-8-11/h11-13,21H,4-10,19H2,1-3H3,(H,20,22). The van der Waals surface area contributed by atoms with E-state index < -0.39 is 36.3 Å². The summed E-state index contributed by atoms with van der Waals surface area (Å²) >= 11 is 0. The minimum atomic E-state index is -3.50. The van der Waals surface area contributed by atoms with Gasteiger partial charge < -0.3 is 20.9 Å². The van der Waals surface area contributed by atoms with Crippen LogP contribution in [0.3, 0.4) is 0 Å². The van der Waals surface area contributed by atoms with Crippen LogP contribution in [0.4, 0.5) is 13.6 Å². The molecule has 0 heterocycles. The largest absolute Gasteiger partial charge is 0.444 e. The van der Waals surface area contributed by atoms with Crippen LogP contribution in [0.15, 0.2) is 0 Å². The first kappa shape index (κ1) is 20.1. The average molecular weight is 336 g/mol. The maximum atomic E-state index is 14.0. The molecular formula is C16H30F2N2O3. The summed E-state index contributed by atoms with van der Waals surface area (Å²) in [5.74, 6) is -3.20. The Morgan fingerprint density at radius 2 is 1.87 bits per heavy atom. The Hall–Kier alpha value is -0.950. The number of alkyl carbamates (subject to hydrolysis) is 1. The van der Waals surface area contributed by atoms with E-state index in [9.17, 15) is 18.7 Å². The first-order valence-electron chi connectivity index (χ1n) is 8.29. The van der Waals surface area contributed by atoms with E-state index in [-0.39, 0.29) is 0 Å². The number of ether oxygens (including phenoxy) is 1. The first-order chi connectivity index (χ1) is 10.5. The third-order valence-electron chi connectivity index (χ3n) is 4.04. The molecule has 2 unspecified atom stereocenters. The number of alkyl halides is 2. The van der Waals surface area contributed by atoms with E-state index in [0.29, 0.717) is 12.3 Å². The van der Waals surface area contributed by atoms with Crippen molar-refractivity contribution in [3.63, 3.8) is 0 Å². The molecule has 2 atom stereocenters. The van der Waals surface area contributed by atoms with Gasteiger partial charge in [0.25, 0.3) is 5.92 Å². The van der Waals surface area contributed by atoms with E-state index >= 15 is 0 Å². The number of hydrogen-bond acceptors (Lipinski definition) is 4. The highest BCUT2D eigenvalue weighted by atomic mass is 19.3. The molecule has 1 aliphatic rings. The quantitative estimate of drug-likeness (QED) is 0.696. The van der Waals surface area contributed by atoms with Crippen molar-refractivity contribution < 1.29 is 23.4 Å². The Labute approximate surface area is 136 Å².